The highest BCUT2D eigenvalue weighted by Gasteiger charge is 2.17. The molecule has 0 saturated carbocycles. The van der Waals surface area contributed by atoms with Crippen LogP contribution in [0.4, 0.5) is 5.69 Å². The summed E-state index contributed by atoms with van der Waals surface area (Å²) in [5, 5.41) is 0. The molecule has 3 heteroatoms. The van der Waals surface area contributed by atoms with Gasteiger partial charge in [-0.15, -0.1) is 0 Å². The van der Waals surface area contributed by atoms with E-state index in [0.29, 0.717) is 0 Å². The first-order valence-electron chi connectivity index (χ1n) is 7.67. The van der Waals surface area contributed by atoms with Gasteiger partial charge in [-0.2, -0.15) is 0 Å². The van der Waals surface area contributed by atoms with E-state index in [0.717, 1.165) is 11.6 Å². The van der Waals surface area contributed by atoms with Crippen molar-refractivity contribution in [1.82, 2.24) is 4.98 Å². The van der Waals surface area contributed by atoms with Gasteiger partial charge in [-0.3, -0.25) is 4.98 Å². The quantitative estimate of drug-likeness (QED) is 0.902. The Hall–Kier alpha value is -1.09. The first-order chi connectivity index (χ1) is 9.20. The molecule has 1 saturated heterocycles. The molecular formula is C16H27N3. The fraction of sp³-hybridized carbons (Fsp3) is 0.688. The van der Waals surface area contributed by atoms with Crippen LogP contribution in [-0.2, 0) is 0 Å². The molecule has 2 N–H and O–H groups in total. The van der Waals surface area contributed by atoms with Crippen LogP contribution in [0.25, 0.3) is 0 Å². The Kier molecular flexibility index (Phi) is 5.20. The monoisotopic (exact) mass is 261 g/mol. The lowest BCUT2D eigenvalue weighted by atomic mass is 9.96. The first-order valence-corrected chi connectivity index (χ1v) is 7.67. The molecule has 0 spiro atoms. The number of rotatable bonds is 4. The van der Waals surface area contributed by atoms with Crippen molar-refractivity contribution < 1.29 is 0 Å². The summed E-state index contributed by atoms with van der Waals surface area (Å²) in [6.07, 6.45) is 8.70. The fourth-order valence-corrected chi connectivity index (χ4v) is 2.97. The smallest absolute Gasteiger partial charge is 0.0569 e. The molecule has 0 bridgehead atoms. The predicted octanol–water partition coefficient (Wildman–Crippen LogP) is 3.51. The van der Waals surface area contributed by atoms with Gasteiger partial charge in [0.1, 0.15) is 0 Å². The van der Waals surface area contributed by atoms with Crippen molar-refractivity contribution >= 4 is 5.69 Å². The Balaban J connectivity index is 1.97. The van der Waals surface area contributed by atoms with Gasteiger partial charge in [0.15, 0.2) is 0 Å². The molecule has 1 fully saturated rings. The largest absolute Gasteiger partial charge is 0.370 e. The Labute approximate surface area is 117 Å². The van der Waals surface area contributed by atoms with Crippen LogP contribution in [-0.4, -0.2) is 18.1 Å². The standard InChI is InChI=1S/C16H27N3/c1-3-5-14-6-4-10-19(11-9-14)15-7-8-16(13(2)17)18-12-15/h7-8,12-14H,3-6,9-11,17H2,1-2H3. The second-order valence-electron chi connectivity index (χ2n) is 5.80. The van der Waals surface area contributed by atoms with E-state index in [-0.39, 0.29) is 6.04 Å². The summed E-state index contributed by atoms with van der Waals surface area (Å²) < 4.78 is 0. The topological polar surface area (TPSA) is 42.1 Å². The van der Waals surface area contributed by atoms with Gasteiger partial charge < -0.3 is 10.6 Å². The van der Waals surface area contributed by atoms with Crippen molar-refractivity contribution in [3.05, 3.63) is 24.0 Å². The molecule has 1 aromatic heterocycles. The molecule has 19 heavy (non-hydrogen) atoms. The van der Waals surface area contributed by atoms with Gasteiger partial charge in [-0.05, 0) is 44.2 Å². The van der Waals surface area contributed by atoms with Crippen molar-refractivity contribution in [3.8, 4) is 0 Å². The minimum absolute atomic E-state index is 0.0205. The summed E-state index contributed by atoms with van der Waals surface area (Å²) in [6, 6.07) is 4.26. The highest BCUT2D eigenvalue weighted by Crippen LogP contribution is 2.25. The maximum absolute atomic E-state index is 5.84. The number of aromatic nitrogens is 1. The SMILES string of the molecule is CCCC1CCCN(c2ccc(C(C)N)nc2)CC1. The molecule has 0 aliphatic carbocycles. The first kappa shape index (κ1) is 14.3. The van der Waals surface area contributed by atoms with Crippen LogP contribution in [0.1, 0.15) is 57.7 Å². The average Bonchev–Trinajstić information content (AvgIpc) is 2.65. The number of pyridine rings is 1. The maximum atomic E-state index is 5.84. The van der Waals surface area contributed by atoms with Gasteiger partial charge in [-0.25, -0.2) is 0 Å². The number of nitrogens with zero attached hydrogens (tertiary/aromatic N) is 2. The second kappa shape index (κ2) is 6.90. The number of hydrogen-bond donors (Lipinski definition) is 1. The van der Waals surface area contributed by atoms with Crippen molar-refractivity contribution in [2.45, 2.75) is 52.0 Å². The highest BCUT2D eigenvalue weighted by molar-refractivity contribution is 5.44. The summed E-state index contributed by atoms with van der Waals surface area (Å²) in [5.41, 5.74) is 8.07. The van der Waals surface area contributed by atoms with Gasteiger partial charge in [0.2, 0.25) is 0 Å². The maximum Gasteiger partial charge on any atom is 0.0569 e. The van der Waals surface area contributed by atoms with E-state index in [9.17, 15) is 0 Å². The Morgan fingerprint density at radius 3 is 2.84 bits per heavy atom. The van der Waals surface area contributed by atoms with Crippen LogP contribution in [0.3, 0.4) is 0 Å². The van der Waals surface area contributed by atoms with E-state index in [1.807, 2.05) is 13.1 Å². The van der Waals surface area contributed by atoms with Gasteiger partial charge >= 0.3 is 0 Å². The molecule has 2 atom stereocenters. The van der Waals surface area contributed by atoms with E-state index in [1.165, 1.54) is 50.9 Å². The lowest BCUT2D eigenvalue weighted by molar-refractivity contribution is 0.435. The van der Waals surface area contributed by atoms with Crippen LogP contribution in [0.15, 0.2) is 18.3 Å². The lowest BCUT2D eigenvalue weighted by Crippen LogP contribution is -2.24. The van der Waals surface area contributed by atoms with Crippen LogP contribution in [0, 0.1) is 5.92 Å². The van der Waals surface area contributed by atoms with Crippen molar-refractivity contribution in [2.75, 3.05) is 18.0 Å². The summed E-state index contributed by atoms with van der Waals surface area (Å²) >= 11 is 0. The third-order valence-corrected chi connectivity index (χ3v) is 4.15. The van der Waals surface area contributed by atoms with E-state index in [1.54, 1.807) is 0 Å². The fourth-order valence-electron chi connectivity index (χ4n) is 2.97. The lowest BCUT2D eigenvalue weighted by Gasteiger charge is -2.23. The average molecular weight is 261 g/mol. The minimum Gasteiger partial charge on any atom is -0.370 e. The zero-order valence-electron chi connectivity index (χ0n) is 12.3. The molecule has 0 amide bonds. The molecule has 2 unspecified atom stereocenters. The number of hydrogen-bond acceptors (Lipinski definition) is 3. The Morgan fingerprint density at radius 2 is 2.21 bits per heavy atom. The van der Waals surface area contributed by atoms with E-state index < -0.39 is 0 Å². The predicted molar refractivity (Wildman–Crippen MR) is 81.3 cm³/mol. The molecule has 0 radical (unpaired) electrons. The van der Waals surface area contributed by atoms with Crippen LogP contribution >= 0.6 is 0 Å². The summed E-state index contributed by atoms with van der Waals surface area (Å²) in [5.74, 6) is 0.922. The second-order valence-corrected chi connectivity index (χ2v) is 5.80. The van der Waals surface area contributed by atoms with E-state index in [4.69, 9.17) is 5.73 Å². The zero-order chi connectivity index (χ0) is 13.7. The molecule has 0 aromatic carbocycles. The van der Waals surface area contributed by atoms with Gasteiger partial charge in [0, 0.05) is 19.1 Å². The molecule has 1 aromatic rings. The highest BCUT2D eigenvalue weighted by atomic mass is 15.1. The van der Waals surface area contributed by atoms with Gasteiger partial charge in [0.05, 0.1) is 17.6 Å². The summed E-state index contributed by atoms with van der Waals surface area (Å²) in [6.45, 7) is 6.60. The molecule has 1 aliphatic heterocycles. The third kappa shape index (κ3) is 3.93. The summed E-state index contributed by atoms with van der Waals surface area (Å²) in [7, 11) is 0. The van der Waals surface area contributed by atoms with E-state index >= 15 is 0 Å². The van der Waals surface area contributed by atoms with E-state index in [2.05, 4.69) is 28.9 Å². The normalized spacial score (nSPS) is 22.1. The van der Waals surface area contributed by atoms with Crippen LogP contribution in [0.5, 0.6) is 0 Å². The number of anilines is 1. The molecular weight excluding hydrogens is 234 g/mol. The van der Waals surface area contributed by atoms with Crippen LogP contribution in [0.2, 0.25) is 0 Å². The van der Waals surface area contributed by atoms with Crippen LogP contribution < -0.4 is 10.6 Å². The minimum atomic E-state index is 0.0205. The Bertz CT molecular complexity index is 372. The molecule has 2 rings (SSSR count). The van der Waals surface area contributed by atoms with Crippen molar-refractivity contribution in [1.29, 1.82) is 0 Å². The zero-order valence-corrected chi connectivity index (χ0v) is 12.3. The molecule has 3 nitrogen and oxygen atoms in total. The summed E-state index contributed by atoms with van der Waals surface area (Å²) in [4.78, 5) is 6.95. The molecule has 1 aliphatic rings. The van der Waals surface area contributed by atoms with Gasteiger partial charge in [0.25, 0.3) is 0 Å². The third-order valence-electron chi connectivity index (χ3n) is 4.15. The Morgan fingerprint density at radius 1 is 1.37 bits per heavy atom. The number of nitrogens with two attached hydrogens (primary N) is 1. The van der Waals surface area contributed by atoms with Crippen molar-refractivity contribution in [2.24, 2.45) is 11.7 Å². The van der Waals surface area contributed by atoms with Crippen molar-refractivity contribution in [3.63, 3.8) is 0 Å². The van der Waals surface area contributed by atoms with Gasteiger partial charge in [-0.1, -0.05) is 19.8 Å². The molecule has 106 valence electrons. The molecule has 2 heterocycles.